The molecule has 2 N–H and O–H groups in total. The fourth-order valence-electron chi connectivity index (χ4n) is 1.67. The summed E-state index contributed by atoms with van der Waals surface area (Å²) in [5, 5.41) is 12.6. The van der Waals surface area contributed by atoms with Crippen LogP contribution < -0.4 is 10.1 Å². The van der Waals surface area contributed by atoms with Crippen molar-refractivity contribution in [1.29, 1.82) is 0 Å². The maximum absolute atomic E-state index is 9.27. The molecule has 0 spiro atoms. The molecule has 17 heavy (non-hydrogen) atoms. The molecule has 0 heterocycles. The minimum atomic E-state index is -0.0243. The van der Waals surface area contributed by atoms with Crippen molar-refractivity contribution in [2.75, 3.05) is 25.6 Å². The Morgan fingerprint density at radius 1 is 1.41 bits per heavy atom. The van der Waals surface area contributed by atoms with Crippen LogP contribution in [0.2, 0.25) is 0 Å². The Kier molecular flexibility index (Phi) is 5.80. The molecular weight excluding hydrogens is 218 g/mol. The van der Waals surface area contributed by atoms with Crippen molar-refractivity contribution in [1.82, 2.24) is 0 Å². The van der Waals surface area contributed by atoms with Gasteiger partial charge in [0.15, 0.2) is 0 Å². The van der Waals surface area contributed by atoms with Gasteiger partial charge < -0.3 is 19.9 Å². The van der Waals surface area contributed by atoms with Crippen LogP contribution in [0.1, 0.15) is 19.4 Å². The second-order valence-corrected chi connectivity index (χ2v) is 3.91. The molecule has 4 nitrogen and oxygen atoms in total. The summed E-state index contributed by atoms with van der Waals surface area (Å²) in [6.45, 7) is 5.18. The van der Waals surface area contributed by atoms with Crippen LogP contribution in [0.15, 0.2) is 18.2 Å². The third-order valence-corrected chi connectivity index (χ3v) is 2.36. The Balaban J connectivity index is 2.74. The first-order chi connectivity index (χ1) is 8.21. The molecule has 0 saturated carbocycles. The van der Waals surface area contributed by atoms with Gasteiger partial charge in [-0.1, -0.05) is 0 Å². The summed E-state index contributed by atoms with van der Waals surface area (Å²) in [4.78, 5) is 0. The van der Waals surface area contributed by atoms with Crippen LogP contribution in [0.4, 0.5) is 5.69 Å². The van der Waals surface area contributed by atoms with E-state index in [0.29, 0.717) is 13.2 Å². The predicted molar refractivity (Wildman–Crippen MR) is 68.5 cm³/mol. The number of rotatable bonds is 7. The van der Waals surface area contributed by atoms with Crippen molar-refractivity contribution in [2.45, 2.75) is 26.5 Å². The lowest BCUT2D eigenvalue weighted by atomic mass is 10.1. The van der Waals surface area contributed by atoms with Crippen LogP contribution >= 0.6 is 0 Å². The highest BCUT2D eigenvalue weighted by atomic mass is 16.5. The molecule has 0 aliphatic heterocycles. The molecule has 1 aromatic rings. The van der Waals surface area contributed by atoms with Gasteiger partial charge in [-0.2, -0.15) is 0 Å². The third-order valence-electron chi connectivity index (χ3n) is 2.36. The average molecular weight is 239 g/mol. The normalized spacial score (nSPS) is 12.2. The first kappa shape index (κ1) is 13.8. The number of benzene rings is 1. The van der Waals surface area contributed by atoms with Crippen molar-refractivity contribution in [3.8, 4) is 5.75 Å². The van der Waals surface area contributed by atoms with Gasteiger partial charge in [0.05, 0.1) is 19.8 Å². The van der Waals surface area contributed by atoms with E-state index in [-0.39, 0.29) is 12.6 Å². The van der Waals surface area contributed by atoms with Gasteiger partial charge in [-0.15, -0.1) is 0 Å². The van der Waals surface area contributed by atoms with Crippen LogP contribution in [-0.4, -0.2) is 31.5 Å². The van der Waals surface area contributed by atoms with E-state index >= 15 is 0 Å². The van der Waals surface area contributed by atoms with Crippen LogP contribution in [0, 0.1) is 0 Å². The molecule has 96 valence electrons. The number of methoxy groups -OCH3 is 1. The average Bonchev–Trinajstić information content (AvgIpc) is 2.31. The molecule has 0 aliphatic carbocycles. The van der Waals surface area contributed by atoms with Crippen molar-refractivity contribution < 1.29 is 14.6 Å². The topological polar surface area (TPSA) is 50.7 Å². The van der Waals surface area contributed by atoms with E-state index in [1.54, 1.807) is 7.11 Å². The molecule has 0 fully saturated rings. The summed E-state index contributed by atoms with van der Waals surface area (Å²) in [6.07, 6.45) is 0. The molecule has 1 aromatic carbocycles. The molecule has 0 bridgehead atoms. The van der Waals surface area contributed by atoms with Gasteiger partial charge in [0.25, 0.3) is 0 Å². The standard InChI is InChI=1S/C13H21NO3/c1-4-17-13-6-5-12(7-11(13)8-15)14-10(2)9-16-3/h5-7,10,14-15H,4,8-9H2,1-3H3. The highest BCUT2D eigenvalue weighted by Gasteiger charge is 2.06. The second kappa shape index (κ2) is 7.14. The zero-order valence-corrected chi connectivity index (χ0v) is 10.7. The van der Waals surface area contributed by atoms with Crippen LogP contribution in [-0.2, 0) is 11.3 Å². The number of aliphatic hydroxyl groups excluding tert-OH is 1. The molecule has 1 atom stereocenters. The van der Waals surface area contributed by atoms with E-state index in [0.717, 1.165) is 17.0 Å². The van der Waals surface area contributed by atoms with Crippen LogP contribution in [0.3, 0.4) is 0 Å². The summed E-state index contributed by atoms with van der Waals surface area (Å²) in [5.74, 6) is 0.736. The summed E-state index contributed by atoms with van der Waals surface area (Å²) in [7, 11) is 1.68. The van der Waals surface area contributed by atoms with E-state index in [4.69, 9.17) is 9.47 Å². The highest BCUT2D eigenvalue weighted by Crippen LogP contribution is 2.23. The smallest absolute Gasteiger partial charge is 0.124 e. The van der Waals surface area contributed by atoms with Gasteiger partial charge in [0.1, 0.15) is 5.75 Å². The first-order valence-corrected chi connectivity index (χ1v) is 5.83. The van der Waals surface area contributed by atoms with E-state index in [9.17, 15) is 5.11 Å². The lowest BCUT2D eigenvalue weighted by Crippen LogP contribution is -2.20. The zero-order chi connectivity index (χ0) is 12.7. The fourth-order valence-corrected chi connectivity index (χ4v) is 1.67. The Hall–Kier alpha value is -1.26. The molecule has 0 aliphatic rings. The molecule has 0 radical (unpaired) electrons. The number of ether oxygens (including phenoxy) is 2. The van der Waals surface area contributed by atoms with Gasteiger partial charge in [-0.05, 0) is 32.0 Å². The molecule has 1 unspecified atom stereocenters. The van der Waals surface area contributed by atoms with Gasteiger partial charge in [0, 0.05) is 24.4 Å². The maximum Gasteiger partial charge on any atom is 0.124 e. The fraction of sp³-hybridized carbons (Fsp3) is 0.538. The molecule has 0 amide bonds. The number of hydrogen-bond acceptors (Lipinski definition) is 4. The predicted octanol–water partition coefficient (Wildman–Crippen LogP) is 2.02. The zero-order valence-electron chi connectivity index (χ0n) is 10.7. The third kappa shape index (κ3) is 4.24. The van der Waals surface area contributed by atoms with E-state index in [2.05, 4.69) is 5.32 Å². The number of anilines is 1. The number of hydrogen-bond donors (Lipinski definition) is 2. The van der Waals surface area contributed by atoms with E-state index < -0.39 is 0 Å². The Morgan fingerprint density at radius 3 is 2.76 bits per heavy atom. The SMILES string of the molecule is CCOc1ccc(NC(C)COC)cc1CO. The van der Waals surface area contributed by atoms with Gasteiger partial charge in [-0.25, -0.2) is 0 Å². The van der Waals surface area contributed by atoms with Crippen molar-refractivity contribution in [2.24, 2.45) is 0 Å². The number of nitrogens with one attached hydrogen (secondary N) is 1. The van der Waals surface area contributed by atoms with Gasteiger partial charge in [-0.3, -0.25) is 0 Å². The van der Waals surface area contributed by atoms with Crippen LogP contribution in [0.25, 0.3) is 0 Å². The van der Waals surface area contributed by atoms with Gasteiger partial charge in [0.2, 0.25) is 0 Å². The molecule has 0 aromatic heterocycles. The number of aliphatic hydroxyl groups is 1. The minimum absolute atomic E-state index is 0.0243. The largest absolute Gasteiger partial charge is 0.494 e. The summed E-state index contributed by atoms with van der Waals surface area (Å²) in [6, 6.07) is 5.94. The quantitative estimate of drug-likeness (QED) is 0.764. The Morgan fingerprint density at radius 2 is 2.18 bits per heavy atom. The monoisotopic (exact) mass is 239 g/mol. The molecule has 0 saturated heterocycles. The van der Waals surface area contributed by atoms with Crippen molar-refractivity contribution in [3.05, 3.63) is 23.8 Å². The minimum Gasteiger partial charge on any atom is -0.494 e. The Bertz CT molecular complexity index is 341. The summed E-state index contributed by atoms with van der Waals surface area (Å²) in [5.41, 5.74) is 1.75. The van der Waals surface area contributed by atoms with Gasteiger partial charge >= 0.3 is 0 Å². The van der Waals surface area contributed by atoms with E-state index in [1.807, 2.05) is 32.0 Å². The molecule has 1 rings (SSSR count). The van der Waals surface area contributed by atoms with E-state index in [1.165, 1.54) is 0 Å². The summed E-state index contributed by atoms with van der Waals surface area (Å²) < 4.78 is 10.5. The summed E-state index contributed by atoms with van der Waals surface area (Å²) >= 11 is 0. The lowest BCUT2D eigenvalue weighted by molar-refractivity contribution is 0.190. The first-order valence-electron chi connectivity index (χ1n) is 5.83. The Labute approximate surface area is 103 Å². The van der Waals surface area contributed by atoms with Crippen molar-refractivity contribution >= 4 is 5.69 Å². The molecular formula is C13H21NO3. The lowest BCUT2D eigenvalue weighted by Gasteiger charge is -2.16. The highest BCUT2D eigenvalue weighted by molar-refractivity contribution is 5.51. The van der Waals surface area contributed by atoms with Crippen LogP contribution in [0.5, 0.6) is 5.75 Å². The van der Waals surface area contributed by atoms with Crippen molar-refractivity contribution in [3.63, 3.8) is 0 Å². The second-order valence-electron chi connectivity index (χ2n) is 3.91. The maximum atomic E-state index is 9.27. The molecule has 4 heteroatoms.